The van der Waals surface area contributed by atoms with Crippen molar-refractivity contribution in [1.82, 2.24) is 0 Å². The van der Waals surface area contributed by atoms with Crippen molar-refractivity contribution < 1.29 is 97.6 Å². The fraction of sp³-hybridized carbons (Fsp3) is 1.00. The predicted octanol–water partition coefficient (Wildman–Crippen LogP) is 1.01. The SMILES string of the molecule is CCOP(=O)(O)OCC(COP(=O)(O)OCC)OP(=O)(O)OCOP(=O)(O)OCC(CO)OP(=O)(O)OC. The van der Waals surface area contributed by atoms with Crippen molar-refractivity contribution in [3.05, 3.63) is 0 Å². The number of phosphoric acid groups is 5. The lowest BCUT2D eigenvalue weighted by Crippen LogP contribution is -2.25. The Hall–Kier alpha value is 0.510. The van der Waals surface area contributed by atoms with Crippen molar-refractivity contribution in [3.8, 4) is 0 Å². The van der Waals surface area contributed by atoms with Gasteiger partial charge in [0.1, 0.15) is 12.2 Å². The second-order valence-corrected chi connectivity index (χ2v) is 13.5. The van der Waals surface area contributed by atoms with Crippen molar-refractivity contribution in [2.45, 2.75) is 26.1 Å². The topological polar surface area (TPSA) is 299 Å². The maximum Gasteiger partial charge on any atom is 0.474 e. The minimum absolute atomic E-state index is 0.259. The average molecular weight is 666 g/mol. The molecular formula is C12H31O21P5. The van der Waals surface area contributed by atoms with Crippen molar-refractivity contribution in [3.63, 3.8) is 0 Å². The molecule has 0 spiro atoms. The molecule has 21 nitrogen and oxygen atoms in total. The Bertz CT molecular complexity index is 896. The highest BCUT2D eigenvalue weighted by Gasteiger charge is 2.34. The van der Waals surface area contributed by atoms with Crippen molar-refractivity contribution in [1.29, 1.82) is 0 Å². The summed E-state index contributed by atoms with van der Waals surface area (Å²) in [5, 5.41) is 9.08. The largest absolute Gasteiger partial charge is 0.474 e. The van der Waals surface area contributed by atoms with E-state index in [9.17, 15) is 47.3 Å². The van der Waals surface area contributed by atoms with Gasteiger partial charge in [0.15, 0.2) is 6.79 Å². The third-order valence-electron chi connectivity index (χ3n) is 3.29. The molecule has 0 aliphatic heterocycles. The molecule has 230 valence electrons. The van der Waals surface area contributed by atoms with Crippen molar-refractivity contribution in [2.75, 3.05) is 53.5 Å². The van der Waals surface area contributed by atoms with Crippen LogP contribution in [0.15, 0.2) is 0 Å². The molecular weight excluding hydrogens is 635 g/mol. The van der Waals surface area contributed by atoms with E-state index < -0.39 is 84.5 Å². The van der Waals surface area contributed by atoms with E-state index in [4.69, 9.17) is 5.11 Å². The first-order chi connectivity index (χ1) is 17.3. The van der Waals surface area contributed by atoms with E-state index in [-0.39, 0.29) is 13.2 Å². The third-order valence-corrected chi connectivity index (χ3v) is 8.33. The smallest absolute Gasteiger partial charge is 0.394 e. The molecule has 0 fully saturated rings. The van der Waals surface area contributed by atoms with Crippen LogP contribution >= 0.6 is 39.1 Å². The van der Waals surface area contributed by atoms with Crippen LogP contribution in [0.1, 0.15) is 13.8 Å². The van der Waals surface area contributed by atoms with E-state index in [1.807, 2.05) is 0 Å². The zero-order valence-electron chi connectivity index (χ0n) is 20.1. The molecule has 0 amide bonds. The fourth-order valence-electron chi connectivity index (χ4n) is 1.80. The Morgan fingerprint density at radius 1 is 0.553 bits per heavy atom. The molecule has 0 rings (SSSR count). The monoisotopic (exact) mass is 666 g/mol. The molecule has 0 saturated carbocycles. The van der Waals surface area contributed by atoms with Crippen LogP contribution < -0.4 is 0 Å². The van der Waals surface area contributed by atoms with E-state index >= 15 is 0 Å². The predicted molar refractivity (Wildman–Crippen MR) is 121 cm³/mol. The molecule has 0 saturated heterocycles. The molecule has 0 aromatic heterocycles. The maximum atomic E-state index is 12.2. The van der Waals surface area contributed by atoms with Gasteiger partial charge in [0.25, 0.3) is 0 Å². The van der Waals surface area contributed by atoms with Gasteiger partial charge in [-0.1, -0.05) is 0 Å². The standard InChI is InChI=1S/C12H31O21P5/c1-4-25-35(16,17)28-8-12(9-29-36(18,19)26-5-2)33-38(22,23)31-10-30-37(20,21)27-7-11(6-13)32-34(14,15)24-3/h11-13H,4-10H2,1-3H3,(H,14,15)(H,16,17)(H,18,19)(H,20,21)(H,22,23). The molecule has 38 heavy (non-hydrogen) atoms. The number of hydrogen-bond acceptors (Lipinski definition) is 16. The summed E-state index contributed by atoms with van der Waals surface area (Å²) >= 11 is 0. The van der Waals surface area contributed by atoms with Gasteiger partial charge in [-0.2, -0.15) is 0 Å². The van der Waals surface area contributed by atoms with Crippen LogP contribution in [0.4, 0.5) is 0 Å². The summed E-state index contributed by atoms with van der Waals surface area (Å²) in [6, 6.07) is 0. The van der Waals surface area contributed by atoms with Crippen molar-refractivity contribution >= 4 is 39.1 Å². The van der Waals surface area contributed by atoms with Crippen molar-refractivity contribution in [2.24, 2.45) is 0 Å². The number of aliphatic hydroxyl groups is 1. The Kier molecular flexibility index (Phi) is 17.7. The number of rotatable bonds is 23. The quantitative estimate of drug-likeness (QED) is 0.0655. The van der Waals surface area contributed by atoms with Gasteiger partial charge in [0.2, 0.25) is 0 Å². The summed E-state index contributed by atoms with van der Waals surface area (Å²) in [6.45, 7) is -3.23. The van der Waals surface area contributed by atoms with Gasteiger partial charge < -0.3 is 29.6 Å². The van der Waals surface area contributed by atoms with Gasteiger partial charge in [-0.3, -0.25) is 45.2 Å². The minimum Gasteiger partial charge on any atom is -0.394 e. The number of hydrogen-bond donors (Lipinski definition) is 6. The number of aliphatic hydroxyl groups excluding tert-OH is 1. The van der Waals surface area contributed by atoms with Gasteiger partial charge in [-0.05, 0) is 13.8 Å². The first-order valence-corrected chi connectivity index (χ1v) is 17.5. The highest BCUT2D eigenvalue weighted by Crippen LogP contribution is 2.51. The van der Waals surface area contributed by atoms with Crippen LogP contribution in [0, 0.1) is 0 Å². The van der Waals surface area contributed by atoms with E-state index in [0.29, 0.717) is 0 Å². The van der Waals surface area contributed by atoms with Crippen LogP contribution in [0.25, 0.3) is 0 Å². The fourth-order valence-corrected chi connectivity index (χ4v) is 5.35. The zero-order chi connectivity index (χ0) is 29.7. The first-order valence-electron chi connectivity index (χ1n) is 10.0. The summed E-state index contributed by atoms with van der Waals surface area (Å²) in [7, 11) is -23.4. The first kappa shape index (κ1) is 38.5. The Balaban J connectivity index is 5.06. The second kappa shape index (κ2) is 17.5. The normalized spacial score (nSPS) is 21.8. The molecule has 6 N–H and O–H groups in total. The summed E-state index contributed by atoms with van der Waals surface area (Å²) in [4.78, 5) is 47.5. The van der Waals surface area contributed by atoms with Gasteiger partial charge in [-0.15, -0.1) is 0 Å². The van der Waals surface area contributed by atoms with Gasteiger partial charge >= 0.3 is 39.1 Å². The molecule has 0 aromatic rings. The van der Waals surface area contributed by atoms with E-state index in [1.165, 1.54) is 13.8 Å². The Labute approximate surface area is 216 Å². The van der Waals surface area contributed by atoms with Gasteiger partial charge in [0, 0.05) is 7.11 Å². The molecule has 0 heterocycles. The molecule has 26 heteroatoms. The highest BCUT2D eigenvalue weighted by atomic mass is 31.2. The summed E-state index contributed by atoms with van der Waals surface area (Å²) in [5.41, 5.74) is 0. The molecule has 0 bridgehead atoms. The summed E-state index contributed by atoms with van der Waals surface area (Å²) in [6.07, 6.45) is -3.47. The molecule has 0 aliphatic carbocycles. The maximum absolute atomic E-state index is 12.2. The van der Waals surface area contributed by atoms with Crippen LogP contribution in [0.2, 0.25) is 0 Å². The minimum atomic E-state index is -5.25. The van der Waals surface area contributed by atoms with E-state index in [2.05, 4.69) is 45.2 Å². The molecule has 0 radical (unpaired) electrons. The van der Waals surface area contributed by atoms with E-state index in [0.717, 1.165) is 7.11 Å². The van der Waals surface area contributed by atoms with Crippen LogP contribution in [-0.2, 0) is 68.1 Å². The second-order valence-electron chi connectivity index (χ2n) is 6.26. The number of phosphoric ester groups is 5. The average Bonchev–Trinajstić information content (AvgIpc) is 2.78. The lowest BCUT2D eigenvalue weighted by Gasteiger charge is -2.23. The lowest BCUT2D eigenvalue weighted by atomic mass is 10.4. The van der Waals surface area contributed by atoms with Gasteiger partial charge in [0.05, 0.1) is 39.6 Å². The highest BCUT2D eigenvalue weighted by molar-refractivity contribution is 7.48. The molecule has 6 atom stereocenters. The Morgan fingerprint density at radius 2 is 0.921 bits per heavy atom. The summed E-state index contributed by atoms with van der Waals surface area (Å²) in [5.74, 6) is 0. The molecule has 0 aliphatic rings. The zero-order valence-corrected chi connectivity index (χ0v) is 24.6. The molecule has 6 unspecified atom stereocenters. The van der Waals surface area contributed by atoms with Crippen LogP contribution in [0.3, 0.4) is 0 Å². The Morgan fingerprint density at radius 3 is 1.32 bits per heavy atom. The lowest BCUT2D eigenvalue weighted by molar-refractivity contribution is -0.00912. The van der Waals surface area contributed by atoms with E-state index in [1.54, 1.807) is 0 Å². The van der Waals surface area contributed by atoms with Gasteiger partial charge in [-0.25, -0.2) is 22.8 Å². The molecule has 0 aromatic carbocycles. The summed E-state index contributed by atoms with van der Waals surface area (Å²) < 4.78 is 103. The third kappa shape index (κ3) is 18.8. The van der Waals surface area contributed by atoms with Crippen LogP contribution in [-0.4, -0.2) is 95.3 Å². The van der Waals surface area contributed by atoms with Crippen LogP contribution in [0.5, 0.6) is 0 Å².